The Hall–Kier alpha value is -1.79. The van der Waals surface area contributed by atoms with Crippen LogP contribution in [0.1, 0.15) is 42.9 Å². The number of hydrogen-bond donors (Lipinski definition) is 0. The highest BCUT2D eigenvalue weighted by Crippen LogP contribution is 2.43. The van der Waals surface area contributed by atoms with E-state index in [1.807, 2.05) is 6.20 Å². The Morgan fingerprint density at radius 1 is 1.14 bits per heavy atom. The molecule has 4 nitrogen and oxygen atoms in total. The third-order valence-electron chi connectivity index (χ3n) is 6.88. The van der Waals surface area contributed by atoms with Crippen molar-refractivity contribution >= 4 is 0 Å². The molecule has 1 aliphatic heterocycles. The predicted molar refractivity (Wildman–Crippen MR) is 106 cm³/mol. The van der Waals surface area contributed by atoms with E-state index in [1.54, 1.807) is 6.07 Å². The third kappa shape index (κ3) is 4.24. The number of aromatic nitrogens is 2. The Balaban J connectivity index is 1.29. The minimum Gasteiger partial charge on any atom is -0.376 e. The Morgan fingerprint density at radius 3 is 2.62 bits per heavy atom. The third-order valence-corrected chi connectivity index (χ3v) is 6.88. The number of halogens is 2. The van der Waals surface area contributed by atoms with Gasteiger partial charge in [-0.05, 0) is 62.0 Å². The van der Waals surface area contributed by atoms with Crippen LogP contribution in [-0.2, 0) is 11.3 Å². The van der Waals surface area contributed by atoms with Gasteiger partial charge >= 0.3 is 0 Å². The second kappa shape index (κ2) is 7.80. The quantitative estimate of drug-likeness (QED) is 0.721. The molecule has 1 aromatic carbocycles. The van der Waals surface area contributed by atoms with Crippen LogP contribution in [0.25, 0.3) is 0 Å². The van der Waals surface area contributed by atoms with E-state index in [0.717, 1.165) is 44.5 Å². The number of rotatable bonds is 6. The van der Waals surface area contributed by atoms with Crippen molar-refractivity contribution in [2.24, 2.45) is 17.8 Å². The minimum absolute atomic E-state index is 0.193. The minimum atomic E-state index is -0.519. The second-order valence-corrected chi connectivity index (χ2v) is 9.30. The molecule has 29 heavy (non-hydrogen) atoms. The van der Waals surface area contributed by atoms with Crippen molar-refractivity contribution in [1.82, 2.24) is 14.7 Å². The average molecular weight is 402 g/mol. The molecule has 1 aromatic heterocycles. The second-order valence-electron chi connectivity index (χ2n) is 9.30. The van der Waals surface area contributed by atoms with E-state index in [2.05, 4.69) is 27.8 Å². The van der Waals surface area contributed by atoms with Crippen molar-refractivity contribution in [3.8, 4) is 0 Å². The van der Waals surface area contributed by atoms with Crippen LogP contribution >= 0.6 is 0 Å². The summed E-state index contributed by atoms with van der Waals surface area (Å²) in [5.74, 6) is 0.906. The highest BCUT2D eigenvalue weighted by Gasteiger charge is 2.44. The Labute approximate surface area is 170 Å². The summed E-state index contributed by atoms with van der Waals surface area (Å²) in [6.07, 6.45) is 8.90. The van der Waals surface area contributed by atoms with Crippen molar-refractivity contribution in [2.75, 3.05) is 19.7 Å². The predicted octanol–water partition coefficient (Wildman–Crippen LogP) is 4.35. The smallest absolute Gasteiger partial charge is 0.130 e. The summed E-state index contributed by atoms with van der Waals surface area (Å²) in [6.45, 7) is 5.38. The zero-order valence-corrected chi connectivity index (χ0v) is 16.9. The van der Waals surface area contributed by atoms with E-state index >= 15 is 0 Å². The molecular formula is C23H29F2N3O. The normalized spacial score (nSPS) is 29.9. The van der Waals surface area contributed by atoms with Crippen LogP contribution in [0.2, 0.25) is 0 Å². The van der Waals surface area contributed by atoms with Crippen molar-refractivity contribution in [2.45, 2.75) is 51.3 Å². The number of benzene rings is 1. The molecule has 0 unspecified atom stereocenters. The maximum absolute atomic E-state index is 14.1. The largest absolute Gasteiger partial charge is 0.376 e. The zero-order chi connectivity index (χ0) is 20.0. The first-order valence-electron chi connectivity index (χ1n) is 10.8. The van der Waals surface area contributed by atoms with Gasteiger partial charge in [0.25, 0.3) is 0 Å². The van der Waals surface area contributed by atoms with Crippen LogP contribution in [0, 0.1) is 36.3 Å². The van der Waals surface area contributed by atoms with Gasteiger partial charge in [0, 0.05) is 44.1 Å². The summed E-state index contributed by atoms with van der Waals surface area (Å²) in [5.41, 5.74) is 1.75. The lowest BCUT2D eigenvalue weighted by Crippen LogP contribution is -2.38. The molecule has 3 fully saturated rings. The molecule has 2 aliphatic carbocycles. The molecule has 0 amide bonds. The van der Waals surface area contributed by atoms with Crippen molar-refractivity contribution in [3.63, 3.8) is 0 Å². The highest BCUT2D eigenvalue weighted by molar-refractivity contribution is 5.18. The summed E-state index contributed by atoms with van der Waals surface area (Å²) in [6, 6.07) is 4.17. The first-order valence-corrected chi connectivity index (χ1v) is 10.8. The summed E-state index contributed by atoms with van der Waals surface area (Å²) in [5, 5.41) is 4.59. The Morgan fingerprint density at radius 2 is 1.93 bits per heavy atom. The average Bonchev–Trinajstić information content (AvgIpc) is 3.29. The number of ether oxygens (including phenoxy) is 1. The summed E-state index contributed by atoms with van der Waals surface area (Å²) < 4.78 is 35.8. The van der Waals surface area contributed by atoms with Crippen LogP contribution in [0.15, 0.2) is 30.6 Å². The lowest BCUT2D eigenvalue weighted by Gasteiger charge is -2.38. The molecule has 5 rings (SSSR count). The first-order chi connectivity index (χ1) is 14.0. The van der Waals surface area contributed by atoms with Gasteiger partial charge in [-0.25, -0.2) is 8.78 Å². The fourth-order valence-corrected chi connectivity index (χ4v) is 5.12. The van der Waals surface area contributed by atoms with Crippen molar-refractivity contribution < 1.29 is 13.5 Å². The monoisotopic (exact) mass is 401 g/mol. The molecule has 0 radical (unpaired) electrons. The number of fused-ring (bicyclic) bond motifs is 1. The number of nitrogens with zero attached hydrogens (tertiary/aromatic N) is 3. The molecular weight excluding hydrogens is 372 g/mol. The molecule has 6 heteroatoms. The number of likely N-dealkylation sites (tertiary alicyclic amines) is 1. The van der Waals surface area contributed by atoms with Gasteiger partial charge in [-0.3, -0.25) is 9.58 Å². The summed E-state index contributed by atoms with van der Waals surface area (Å²) >= 11 is 0. The van der Waals surface area contributed by atoms with Gasteiger partial charge in [-0.1, -0.05) is 6.07 Å². The standard InChI is InChI=1S/C23H29F2N3O/c1-15-9-26-28(10-15)22-6-18-12-27(11-17-4-5-20(24)8-21(17)25)13-19(18)7-23(22)29-14-16-2-3-16/h4-5,8-10,16,18-19,22-23H,2-3,6-7,11-14H2,1H3/t18-,19+,22-,23-/m0/s1. The van der Waals surface area contributed by atoms with Crippen LogP contribution in [0.5, 0.6) is 0 Å². The van der Waals surface area contributed by atoms with Gasteiger partial charge in [0.15, 0.2) is 0 Å². The van der Waals surface area contributed by atoms with Gasteiger partial charge < -0.3 is 4.74 Å². The molecule has 1 saturated heterocycles. The van der Waals surface area contributed by atoms with E-state index in [1.165, 1.54) is 24.5 Å². The first kappa shape index (κ1) is 19.2. The molecule has 4 atom stereocenters. The van der Waals surface area contributed by atoms with E-state index in [9.17, 15) is 8.78 Å². The topological polar surface area (TPSA) is 30.3 Å². The fraction of sp³-hybridized carbons (Fsp3) is 0.609. The van der Waals surface area contributed by atoms with Gasteiger partial charge in [0.05, 0.1) is 18.3 Å². The van der Waals surface area contributed by atoms with Gasteiger partial charge in [-0.15, -0.1) is 0 Å². The van der Waals surface area contributed by atoms with E-state index in [0.29, 0.717) is 23.9 Å². The molecule has 2 heterocycles. The number of aryl methyl sites for hydroxylation is 1. The van der Waals surface area contributed by atoms with Crippen molar-refractivity contribution in [1.29, 1.82) is 0 Å². The molecule has 0 bridgehead atoms. The molecule has 156 valence electrons. The highest BCUT2D eigenvalue weighted by atomic mass is 19.1. The summed E-state index contributed by atoms with van der Waals surface area (Å²) in [7, 11) is 0. The van der Waals surface area contributed by atoms with E-state index in [4.69, 9.17) is 4.74 Å². The van der Waals surface area contributed by atoms with Gasteiger partial charge in [0.2, 0.25) is 0 Å². The maximum Gasteiger partial charge on any atom is 0.130 e. The Bertz CT molecular complexity index is 866. The van der Waals surface area contributed by atoms with Gasteiger partial charge in [-0.2, -0.15) is 5.10 Å². The maximum atomic E-state index is 14.1. The lowest BCUT2D eigenvalue weighted by molar-refractivity contribution is -0.0371. The summed E-state index contributed by atoms with van der Waals surface area (Å²) in [4.78, 5) is 2.32. The fourth-order valence-electron chi connectivity index (χ4n) is 5.12. The van der Waals surface area contributed by atoms with Crippen LogP contribution in [0.3, 0.4) is 0 Å². The molecule has 0 N–H and O–H groups in total. The SMILES string of the molecule is Cc1cnn([C@H]2C[C@H]3CN(Cc4ccc(F)cc4F)C[C@H]3C[C@@H]2OCC2CC2)c1. The van der Waals surface area contributed by atoms with Gasteiger partial charge in [0.1, 0.15) is 11.6 Å². The van der Waals surface area contributed by atoms with Crippen LogP contribution in [-0.4, -0.2) is 40.5 Å². The molecule has 2 saturated carbocycles. The molecule has 2 aromatic rings. The zero-order valence-electron chi connectivity index (χ0n) is 16.9. The Kier molecular flexibility index (Phi) is 5.16. The van der Waals surface area contributed by atoms with Crippen LogP contribution in [0.4, 0.5) is 8.78 Å². The molecule has 3 aliphatic rings. The lowest BCUT2D eigenvalue weighted by atomic mass is 9.77. The number of hydrogen-bond acceptors (Lipinski definition) is 3. The molecule has 0 spiro atoms. The van der Waals surface area contributed by atoms with E-state index < -0.39 is 11.6 Å². The van der Waals surface area contributed by atoms with Crippen molar-refractivity contribution in [3.05, 3.63) is 53.4 Å². The van der Waals surface area contributed by atoms with Crippen LogP contribution < -0.4 is 0 Å². The van der Waals surface area contributed by atoms with E-state index in [-0.39, 0.29) is 12.1 Å².